The topological polar surface area (TPSA) is 51.2 Å². The maximum atomic E-state index is 11.7. The number of hydrogen-bond acceptors (Lipinski definition) is 5. The van der Waals surface area contributed by atoms with Crippen LogP contribution in [0.2, 0.25) is 0 Å². The van der Waals surface area contributed by atoms with Gasteiger partial charge in [-0.15, -0.1) is 11.3 Å². The molecule has 3 unspecified atom stereocenters. The van der Waals surface area contributed by atoms with Gasteiger partial charge in [-0.25, -0.2) is 9.78 Å². The number of carbonyl (C=O) groups excluding carboxylic acids is 1. The summed E-state index contributed by atoms with van der Waals surface area (Å²) < 4.78 is 5.01. The molecule has 2 aliphatic carbocycles. The molecule has 104 valence electrons. The molecule has 1 heterocycles. The summed E-state index contributed by atoms with van der Waals surface area (Å²) in [6.07, 6.45) is 5.59. The third-order valence-electron chi connectivity index (χ3n) is 4.45. The summed E-state index contributed by atoms with van der Waals surface area (Å²) >= 11 is 1.48. The summed E-state index contributed by atoms with van der Waals surface area (Å²) in [7, 11) is 0. The van der Waals surface area contributed by atoms with E-state index in [9.17, 15) is 4.79 Å². The van der Waals surface area contributed by atoms with Gasteiger partial charge in [-0.05, 0) is 43.9 Å². The molecule has 0 aromatic carbocycles. The van der Waals surface area contributed by atoms with E-state index in [1.807, 2.05) is 6.92 Å². The third kappa shape index (κ3) is 2.61. The number of fused-ring (bicyclic) bond motifs is 2. The first-order valence-electron chi connectivity index (χ1n) is 7.12. The van der Waals surface area contributed by atoms with Gasteiger partial charge in [0.2, 0.25) is 0 Å². The van der Waals surface area contributed by atoms with Gasteiger partial charge >= 0.3 is 5.97 Å². The predicted molar refractivity (Wildman–Crippen MR) is 75.5 cm³/mol. The Hall–Kier alpha value is -1.10. The minimum absolute atomic E-state index is 0.320. The Morgan fingerprint density at radius 1 is 1.53 bits per heavy atom. The van der Waals surface area contributed by atoms with E-state index in [1.54, 1.807) is 5.51 Å². The van der Waals surface area contributed by atoms with Crippen molar-refractivity contribution >= 4 is 22.3 Å². The van der Waals surface area contributed by atoms with Crippen LogP contribution in [0, 0.1) is 17.8 Å². The molecule has 4 nitrogen and oxygen atoms in total. The standard InChI is InChI=1S/C14H20N2O2S/c1-2-18-14(17)12-13(19-8-16-12)15-7-11-6-9-3-4-10(11)5-9/h8-11,15H,2-7H2,1H3. The highest BCUT2D eigenvalue weighted by Crippen LogP contribution is 2.48. The number of nitrogens with one attached hydrogen (secondary N) is 1. The summed E-state index contributed by atoms with van der Waals surface area (Å²) in [5.41, 5.74) is 2.14. The zero-order chi connectivity index (χ0) is 13.2. The highest BCUT2D eigenvalue weighted by Gasteiger charge is 2.39. The molecule has 1 N–H and O–H groups in total. The Bertz CT molecular complexity index is 460. The molecule has 3 atom stereocenters. The Balaban J connectivity index is 1.58. The quantitative estimate of drug-likeness (QED) is 0.842. The van der Waals surface area contributed by atoms with Gasteiger partial charge in [-0.1, -0.05) is 6.42 Å². The fourth-order valence-corrected chi connectivity index (χ4v) is 4.24. The number of rotatable bonds is 5. The van der Waals surface area contributed by atoms with Crippen molar-refractivity contribution in [3.63, 3.8) is 0 Å². The van der Waals surface area contributed by atoms with Crippen LogP contribution in [0.1, 0.15) is 43.1 Å². The maximum Gasteiger partial charge on any atom is 0.360 e. The number of hydrogen-bond donors (Lipinski definition) is 1. The normalized spacial score (nSPS) is 28.6. The SMILES string of the molecule is CCOC(=O)c1ncsc1NCC1CC2CCC1C2. The van der Waals surface area contributed by atoms with Crippen LogP contribution < -0.4 is 5.32 Å². The molecule has 0 aliphatic heterocycles. The highest BCUT2D eigenvalue weighted by atomic mass is 32.1. The van der Waals surface area contributed by atoms with Crippen LogP contribution in [0.25, 0.3) is 0 Å². The van der Waals surface area contributed by atoms with Crippen LogP contribution in [-0.2, 0) is 4.74 Å². The lowest BCUT2D eigenvalue weighted by molar-refractivity contribution is 0.0521. The van der Waals surface area contributed by atoms with E-state index in [0.29, 0.717) is 12.3 Å². The van der Waals surface area contributed by atoms with Crippen molar-refractivity contribution in [2.45, 2.75) is 32.6 Å². The minimum Gasteiger partial charge on any atom is -0.461 e. The second kappa shape index (κ2) is 5.49. The Kier molecular flexibility index (Phi) is 3.73. The molecule has 2 fully saturated rings. The zero-order valence-corrected chi connectivity index (χ0v) is 12.0. The molecule has 2 saturated carbocycles. The largest absolute Gasteiger partial charge is 0.461 e. The van der Waals surface area contributed by atoms with Gasteiger partial charge in [0.25, 0.3) is 0 Å². The van der Waals surface area contributed by atoms with E-state index < -0.39 is 0 Å². The van der Waals surface area contributed by atoms with Gasteiger partial charge in [-0.3, -0.25) is 0 Å². The zero-order valence-electron chi connectivity index (χ0n) is 11.2. The third-order valence-corrected chi connectivity index (χ3v) is 5.23. The van der Waals surface area contributed by atoms with E-state index >= 15 is 0 Å². The molecule has 5 heteroatoms. The highest BCUT2D eigenvalue weighted by molar-refractivity contribution is 7.14. The van der Waals surface area contributed by atoms with E-state index in [2.05, 4.69) is 10.3 Å². The van der Waals surface area contributed by atoms with Crippen molar-refractivity contribution < 1.29 is 9.53 Å². The molecular weight excluding hydrogens is 260 g/mol. The van der Waals surface area contributed by atoms with E-state index in [4.69, 9.17) is 4.74 Å². The average Bonchev–Trinajstić information content (AvgIpc) is 3.12. The van der Waals surface area contributed by atoms with Crippen LogP contribution in [0.15, 0.2) is 5.51 Å². The van der Waals surface area contributed by atoms with Crippen LogP contribution in [-0.4, -0.2) is 24.1 Å². The summed E-state index contributed by atoms with van der Waals surface area (Å²) in [5.74, 6) is 2.31. The number of carbonyl (C=O) groups is 1. The van der Waals surface area contributed by atoms with Gasteiger partial charge in [0.1, 0.15) is 5.00 Å². The van der Waals surface area contributed by atoms with Crippen molar-refractivity contribution in [3.05, 3.63) is 11.2 Å². The van der Waals surface area contributed by atoms with Crippen LogP contribution in [0.4, 0.5) is 5.00 Å². The van der Waals surface area contributed by atoms with Crippen molar-refractivity contribution in [2.24, 2.45) is 17.8 Å². The lowest BCUT2D eigenvalue weighted by atomic mass is 9.89. The molecule has 19 heavy (non-hydrogen) atoms. The summed E-state index contributed by atoms with van der Waals surface area (Å²) in [6, 6.07) is 0. The fraction of sp³-hybridized carbons (Fsp3) is 0.714. The molecular formula is C14H20N2O2S. The summed E-state index contributed by atoms with van der Waals surface area (Å²) in [6.45, 7) is 3.17. The van der Waals surface area contributed by atoms with Gasteiger partial charge in [0.15, 0.2) is 5.69 Å². The minimum atomic E-state index is -0.320. The van der Waals surface area contributed by atoms with E-state index in [-0.39, 0.29) is 5.97 Å². The number of thiazole rings is 1. The summed E-state index contributed by atoms with van der Waals surface area (Å²) in [4.78, 5) is 15.8. The van der Waals surface area contributed by atoms with Crippen molar-refractivity contribution in [2.75, 3.05) is 18.5 Å². The van der Waals surface area contributed by atoms with Gasteiger partial charge in [-0.2, -0.15) is 0 Å². The lowest BCUT2D eigenvalue weighted by Gasteiger charge is -2.22. The maximum absolute atomic E-state index is 11.7. The number of aromatic nitrogens is 1. The first-order chi connectivity index (χ1) is 9.28. The summed E-state index contributed by atoms with van der Waals surface area (Å²) in [5, 5.41) is 4.28. The first-order valence-corrected chi connectivity index (χ1v) is 8.00. The number of nitrogens with zero attached hydrogens (tertiary/aromatic N) is 1. The first kappa shape index (κ1) is 12.9. The van der Waals surface area contributed by atoms with Crippen molar-refractivity contribution in [3.8, 4) is 0 Å². The molecule has 0 amide bonds. The number of ether oxygens (including phenoxy) is 1. The molecule has 2 aliphatic rings. The average molecular weight is 280 g/mol. The number of anilines is 1. The lowest BCUT2D eigenvalue weighted by Crippen LogP contribution is -2.20. The van der Waals surface area contributed by atoms with Crippen LogP contribution >= 0.6 is 11.3 Å². The second-order valence-corrected chi connectivity index (χ2v) is 6.42. The van der Waals surface area contributed by atoms with Gasteiger partial charge in [0, 0.05) is 6.54 Å². The van der Waals surface area contributed by atoms with E-state index in [1.165, 1.54) is 37.0 Å². The molecule has 3 rings (SSSR count). The molecule has 1 aromatic heterocycles. The van der Waals surface area contributed by atoms with Crippen LogP contribution in [0.3, 0.4) is 0 Å². The Morgan fingerprint density at radius 2 is 2.42 bits per heavy atom. The van der Waals surface area contributed by atoms with Crippen molar-refractivity contribution in [1.82, 2.24) is 4.98 Å². The smallest absolute Gasteiger partial charge is 0.360 e. The molecule has 0 spiro atoms. The predicted octanol–water partition coefficient (Wildman–Crippen LogP) is 3.17. The van der Waals surface area contributed by atoms with Gasteiger partial charge < -0.3 is 10.1 Å². The van der Waals surface area contributed by atoms with Crippen LogP contribution in [0.5, 0.6) is 0 Å². The molecule has 0 saturated heterocycles. The Labute approximate surface area is 117 Å². The molecule has 1 aromatic rings. The number of esters is 1. The monoisotopic (exact) mass is 280 g/mol. The van der Waals surface area contributed by atoms with Crippen molar-refractivity contribution in [1.29, 1.82) is 0 Å². The van der Waals surface area contributed by atoms with E-state index in [0.717, 1.165) is 29.3 Å². The van der Waals surface area contributed by atoms with Gasteiger partial charge in [0.05, 0.1) is 12.1 Å². The Morgan fingerprint density at radius 3 is 3.11 bits per heavy atom. The molecule has 2 bridgehead atoms. The second-order valence-electron chi connectivity index (χ2n) is 5.57. The fourth-order valence-electron chi connectivity index (χ4n) is 3.57. The molecule has 0 radical (unpaired) electrons.